The fourth-order valence-corrected chi connectivity index (χ4v) is 5.84. The fraction of sp³-hybridized carbons (Fsp3) is 0.250. The molecule has 1 aliphatic heterocycles. The number of aryl methyl sites for hydroxylation is 1. The largest absolute Gasteiger partial charge is 0.348 e. The number of thioether (sulfide) groups is 1. The number of thiazole rings is 1. The lowest BCUT2D eigenvalue weighted by Crippen LogP contribution is -2.29. The number of carbonyl (C=O) groups is 1. The molecule has 0 radical (unpaired) electrons. The minimum absolute atomic E-state index is 0.0654. The maximum Gasteiger partial charge on any atom is 0.238 e. The number of para-hydroxylation sites is 1. The average molecular weight is 347 g/mol. The number of hydrogen-bond donors (Lipinski definition) is 1. The third-order valence-electron chi connectivity index (χ3n) is 3.67. The van der Waals surface area contributed by atoms with Crippen molar-refractivity contribution in [3.63, 3.8) is 0 Å². The molecule has 1 amide bonds. The number of rotatable bonds is 3. The molecule has 0 fully saturated rings. The molecule has 0 saturated heterocycles. The molecule has 3 heterocycles. The molecule has 2 aromatic heterocycles. The number of thiophene rings is 1. The summed E-state index contributed by atoms with van der Waals surface area (Å²) < 4.78 is 1.17. The monoisotopic (exact) mass is 346 g/mol. The van der Waals surface area contributed by atoms with Crippen molar-refractivity contribution in [3.05, 3.63) is 51.2 Å². The van der Waals surface area contributed by atoms with Crippen LogP contribution in [-0.4, -0.2) is 16.6 Å². The Morgan fingerprint density at radius 2 is 2.23 bits per heavy atom. The lowest BCUT2D eigenvalue weighted by molar-refractivity contribution is -0.120. The second-order valence-electron chi connectivity index (χ2n) is 5.09. The average Bonchev–Trinajstić information content (AvgIpc) is 3.18. The van der Waals surface area contributed by atoms with Crippen LogP contribution in [0.3, 0.4) is 0 Å². The molecule has 1 N–H and O–H groups in total. The van der Waals surface area contributed by atoms with Crippen molar-refractivity contribution in [2.45, 2.75) is 18.2 Å². The Bertz CT molecular complexity index is 791. The number of nitrogens with one attached hydrogen (secondary N) is 1. The molecule has 1 atom stereocenters. The predicted molar refractivity (Wildman–Crippen MR) is 94.7 cm³/mol. The predicted octanol–water partition coefficient (Wildman–Crippen LogP) is 4.00. The normalized spacial score (nSPS) is 17.4. The van der Waals surface area contributed by atoms with Crippen molar-refractivity contribution in [2.24, 2.45) is 0 Å². The summed E-state index contributed by atoms with van der Waals surface area (Å²) in [5, 5.41) is 6.03. The van der Waals surface area contributed by atoms with Crippen LogP contribution in [0, 0.1) is 0 Å². The molecule has 3 nitrogen and oxygen atoms in total. The van der Waals surface area contributed by atoms with Crippen LogP contribution in [-0.2, 0) is 17.8 Å². The minimum Gasteiger partial charge on any atom is -0.348 e. The van der Waals surface area contributed by atoms with E-state index >= 15 is 0 Å². The van der Waals surface area contributed by atoms with E-state index in [1.807, 2.05) is 18.2 Å². The number of nitrogens with zero attached hydrogens (tertiary/aromatic N) is 1. The SMILES string of the molecule is O=C(NCc1nc2ccccc2s1)C1SCCc2sccc21. The summed E-state index contributed by atoms with van der Waals surface area (Å²) in [5.41, 5.74) is 2.20. The maximum atomic E-state index is 12.5. The third kappa shape index (κ3) is 2.66. The highest BCUT2D eigenvalue weighted by atomic mass is 32.2. The van der Waals surface area contributed by atoms with Gasteiger partial charge in [-0.15, -0.1) is 34.4 Å². The summed E-state index contributed by atoms with van der Waals surface area (Å²) in [4.78, 5) is 18.4. The Balaban J connectivity index is 1.47. The highest BCUT2D eigenvalue weighted by Gasteiger charge is 2.27. The van der Waals surface area contributed by atoms with E-state index in [-0.39, 0.29) is 11.2 Å². The zero-order chi connectivity index (χ0) is 14.9. The third-order valence-corrected chi connectivity index (χ3v) is 6.94. The molecule has 4 rings (SSSR count). The maximum absolute atomic E-state index is 12.5. The number of hydrogen-bond acceptors (Lipinski definition) is 5. The molecular weight excluding hydrogens is 332 g/mol. The molecule has 0 spiro atoms. The van der Waals surface area contributed by atoms with E-state index in [1.165, 1.54) is 15.1 Å². The van der Waals surface area contributed by atoms with E-state index in [0.717, 1.165) is 22.7 Å². The van der Waals surface area contributed by atoms with Gasteiger partial charge in [-0.1, -0.05) is 12.1 Å². The number of fused-ring (bicyclic) bond motifs is 2. The van der Waals surface area contributed by atoms with Gasteiger partial charge in [0.05, 0.1) is 16.8 Å². The Kier molecular flexibility index (Phi) is 3.90. The van der Waals surface area contributed by atoms with Crippen LogP contribution in [0.5, 0.6) is 0 Å². The molecule has 0 aliphatic carbocycles. The first-order valence-electron chi connectivity index (χ1n) is 7.11. The van der Waals surface area contributed by atoms with E-state index in [1.54, 1.807) is 34.4 Å². The summed E-state index contributed by atoms with van der Waals surface area (Å²) in [6.45, 7) is 0.509. The summed E-state index contributed by atoms with van der Waals surface area (Å²) in [5.74, 6) is 1.12. The lowest BCUT2D eigenvalue weighted by Gasteiger charge is -2.21. The van der Waals surface area contributed by atoms with Crippen LogP contribution < -0.4 is 5.32 Å². The summed E-state index contributed by atoms with van der Waals surface area (Å²) in [6.07, 6.45) is 1.08. The first-order valence-corrected chi connectivity index (χ1v) is 9.86. The summed E-state index contributed by atoms with van der Waals surface area (Å²) in [7, 11) is 0. The second-order valence-corrected chi connectivity index (χ2v) is 8.42. The van der Waals surface area contributed by atoms with E-state index in [2.05, 4.69) is 27.8 Å². The van der Waals surface area contributed by atoms with E-state index in [0.29, 0.717) is 6.54 Å². The van der Waals surface area contributed by atoms with Gasteiger partial charge in [0, 0.05) is 4.88 Å². The van der Waals surface area contributed by atoms with Crippen molar-refractivity contribution >= 4 is 50.6 Å². The molecule has 0 saturated carbocycles. The zero-order valence-corrected chi connectivity index (χ0v) is 14.2. The van der Waals surface area contributed by atoms with Gasteiger partial charge in [-0.25, -0.2) is 4.98 Å². The number of amides is 1. The van der Waals surface area contributed by atoms with Crippen LogP contribution in [0.25, 0.3) is 10.2 Å². The smallest absolute Gasteiger partial charge is 0.238 e. The number of aromatic nitrogens is 1. The molecule has 6 heteroatoms. The van der Waals surface area contributed by atoms with Crippen LogP contribution in [0.4, 0.5) is 0 Å². The fourth-order valence-electron chi connectivity index (χ4n) is 2.61. The minimum atomic E-state index is -0.0654. The van der Waals surface area contributed by atoms with Gasteiger partial charge in [0.2, 0.25) is 5.91 Å². The van der Waals surface area contributed by atoms with Gasteiger partial charge >= 0.3 is 0 Å². The van der Waals surface area contributed by atoms with E-state index < -0.39 is 0 Å². The van der Waals surface area contributed by atoms with Crippen molar-refractivity contribution in [3.8, 4) is 0 Å². The van der Waals surface area contributed by atoms with Crippen molar-refractivity contribution in [1.29, 1.82) is 0 Å². The molecule has 1 aromatic carbocycles. The van der Waals surface area contributed by atoms with Crippen molar-refractivity contribution < 1.29 is 4.79 Å². The van der Waals surface area contributed by atoms with Gasteiger partial charge in [-0.3, -0.25) is 4.79 Å². The van der Waals surface area contributed by atoms with Gasteiger partial charge in [0.1, 0.15) is 10.3 Å². The Labute approximate surface area is 140 Å². The van der Waals surface area contributed by atoms with Gasteiger partial charge in [-0.2, -0.15) is 0 Å². The van der Waals surface area contributed by atoms with Gasteiger partial charge in [0.25, 0.3) is 0 Å². The quantitative estimate of drug-likeness (QED) is 0.779. The van der Waals surface area contributed by atoms with Crippen LogP contribution in [0.1, 0.15) is 20.7 Å². The highest BCUT2D eigenvalue weighted by molar-refractivity contribution is 8.00. The van der Waals surface area contributed by atoms with Gasteiger partial charge in [-0.05, 0) is 41.3 Å². The molecule has 112 valence electrons. The topological polar surface area (TPSA) is 42.0 Å². The molecule has 3 aromatic rings. The zero-order valence-electron chi connectivity index (χ0n) is 11.7. The summed E-state index contributed by atoms with van der Waals surface area (Å²) in [6, 6.07) is 10.2. The van der Waals surface area contributed by atoms with E-state index in [4.69, 9.17) is 0 Å². The standard InChI is InChI=1S/C16H14N2OS3/c19-16(15-10-5-7-20-12(10)6-8-21-15)17-9-14-18-11-3-1-2-4-13(11)22-14/h1-5,7,15H,6,8-9H2,(H,17,19). The van der Waals surface area contributed by atoms with Crippen LogP contribution in [0.15, 0.2) is 35.7 Å². The second kappa shape index (κ2) is 6.02. The summed E-state index contributed by atoms with van der Waals surface area (Å²) >= 11 is 5.14. The Morgan fingerprint density at radius 1 is 1.32 bits per heavy atom. The number of carbonyl (C=O) groups excluding carboxylic acids is 1. The molecular formula is C16H14N2OS3. The van der Waals surface area contributed by atoms with Crippen LogP contribution >= 0.6 is 34.4 Å². The van der Waals surface area contributed by atoms with Crippen molar-refractivity contribution in [1.82, 2.24) is 10.3 Å². The molecule has 1 aliphatic rings. The Hall–Kier alpha value is -1.37. The van der Waals surface area contributed by atoms with Crippen molar-refractivity contribution in [2.75, 3.05) is 5.75 Å². The first kappa shape index (κ1) is 14.2. The molecule has 22 heavy (non-hydrogen) atoms. The van der Waals surface area contributed by atoms with Gasteiger partial charge < -0.3 is 5.32 Å². The van der Waals surface area contributed by atoms with Crippen LogP contribution in [0.2, 0.25) is 0 Å². The molecule has 0 bridgehead atoms. The number of benzene rings is 1. The first-order chi connectivity index (χ1) is 10.8. The van der Waals surface area contributed by atoms with E-state index in [9.17, 15) is 4.79 Å². The highest BCUT2D eigenvalue weighted by Crippen LogP contribution is 2.39. The Morgan fingerprint density at radius 3 is 3.14 bits per heavy atom. The molecule has 1 unspecified atom stereocenters. The van der Waals surface area contributed by atoms with Gasteiger partial charge in [0.15, 0.2) is 0 Å². The lowest BCUT2D eigenvalue weighted by atomic mass is 10.1.